The molecule has 0 unspecified atom stereocenters. The van der Waals surface area contributed by atoms with E-state index < -0.39 is 5.54 Å². The Hall–Kier alpha value is -2.14. The van der Waals surface area contributed by atoms with Gasteiger partial charge in [0.15, 0.2) is 5.54 Å². The minimum absolute atomic E-state index is 0.196. The number of rotatable bonds is 3. The van der Waals surface area contributed by atoms with Crippen molar-refractivity contribution in [2.45, 2.75) is 25.9 Å². The van der Waals surface area contributed by atoms with Gasteiger partial charge in [0.1, 0.15) is 0 Å². The van der Waals surface area contributed by atoms with Crippen LogP contribution in [-0.2, 0) is 16.9 Å². The number of urea groups is 1. The Morgan fingerprint density at radius 2 is 1.95 bits per heavy atom. The van der Waals surface area contributed by atoms with Gasteiger partial charge in [-0.2, -0.15) is 0 Å². The first-order valence-corrected chi connectivity index (χ1v) is 7.63. The lowest BCUT2D eigenvalue weighted by atomic mass is 10.0. The number of hydrogen-bond acceptors (Lipinski definition) is 3. The monoisotopic (exact) mass is 300 g/mol. The second kappa shape index (κ2) is 5.00. The van der Waals surface area contributed by atoms with E-state index >= 15 is 0 Å². The molecule has 1 atom stereocenters. The molecule has 108 valence electrons. The highest BCUT2D eigenvalue weighted by Crippen LogP contribution is 2.32. The van der Waals surface area contributed by atoms with Crippen LogP contribution in [0.2, 0.25) is 0 Å². The first kappa shape index (κ1) is 13.8. The molecule has 21 heavy (non-hydrogen) atoms. The van der Waals surface area contributed by atoms with Crippen LogP contribution in [0.3, 0.4) is 0 Å². The minimum atomic E-state index is -0.950. The average molecular weight is 300 g/mol. The van der Waals surface area contributed by atoms with Gasteiger partial charge in [-0.3, -0.25) is 9.69 Å². The van der Waals surface area contributed by atoms with Crippen LogP contribution in [0, 0.1) is 6.92 Å². The SMILES string of the molecule is Cc1ccccc1CN1C(=O)N[C@](C)(c2cccs2)C1=O. The highest BCUT2D eigenvalue weighted by Gasteiger charge is 2.49. The van der Waals surface area contributed by atoms with Crippen molar-refractivity contribution in [2.75, 3.05) is 0 Å². The summed E-state index contributed by atoms with van der Waals surface area (Å²) in [6.07, 6.45) is 0. The Labute approximate surface area is 127 Å². The van der Waals surface area contributed by atoms with Crippen LogP contribution in [-0.4, -0.2) is 16.8 Å². The van der Waals surface area contributed by atoms with Gasteiger partial charge in [-0.1, -0.05) is 30.3 Å². The van der Waals surface area contributed by atoms with Gasteiger partial charge in [-0.25, -0.2) is 4.79 Å². The molecule has 0 aliphatic carbocycles. The summed E-state index contributed by atoms with van der Waals surface area (Å²) in [7, 11) is 0. The van der Waals surface area contributed by atoms with Crippen molar-refractivity contribution < 1.29 is 9.59 Å². The minimum Gasteiger partial charge on any atom is -0.319 e. The number of hydrogen-bond donors (Lipinski definition) is 1. The highest BCUT2D eigenvalue weighted by molar-refractivity contribution is 7.10. The second-order valence-electron chi connectivity index (χ2n) is 5.35. The molecule has 1 aliphatic rings. The maximum atomic E-state index is 12.7. The third kappa shape index (κ3) is 2.23. The Morgan fingerprint density at radius 1 is 1.19 bits per heavy atom. The van der Waals surface area contributed by atoms with E-state index in [0.717, 1.165) is 16.0 Å². The van der Waals surface area contributed by atoms with Gasteiger partial charge in [0.05, 0.1) is 6.54 Å². The van der Waals surface area contributed by atoms with Crippen molar-refractivity contribution in [3.8, 4) is 0 Å². The average Bonchev–Trinajstić information content (AvgIpc) is 3.06. The zero-order valence-electron chi connectivity index (χ0n) is 11.9. The molecular weight excluding hydrogens is 284 g/mol. The molecule has 1 saturated heterocycles. The summed E-state index contributed by atoms with van der Waals surface area (Å²) in [5.41, 5.74) is 1.10. The Balaban J connectivity index is 1.90. The number of carbonyl (C=O) groups excluding carboxylic acids is 2. The van der Waals surface area contributed by atoms with Gasteiger partial charge in [0, 0.05) is 4.88 Å². The van der Waals surface area contributed by atoms with E-state index in [9.17, 15) is 9.59 Å². The summed E-state index contributed by atoms with van der Waals surface area (Å²) in [5, 5.41) is 4.73. The van der Waals surface area contributed by atoms with Crippen molar-refractivity contribution in [3.05, 3.63) is 57.8 Å². The zero-order valence-corrected chi connectivity index (χ0v) is 12.7. The molecule has 1 aromatic carbocycles. The van der Waals surface area contributed by atoms with Gasteiger partial charge in [-0.05, 0) is 36.4 Å². The predicted molar refractivity (Wildman–Crippen MR) is 81.9 cm³/mol. The largest absolute Gasteiger partial charge is 0.325 e. The van der Waals surface area contributed by atoms with E-state index in [1.54, 1.807) is 6.92 Å². The lowest BCUT2D eigenvalue weighted by Gasteiger charge is -2.20. The van der Waals surface area contributed by atoms with Crippen molar-refractivity contribution >= 4 is 23.3 Å². The van der Waals surface area contributed by atoms with Crippen LogP contribution >= 0.6 is 11.3 Å². The normalized spacial score (nSPS) is 21.7. The first-order valence-electron chi connectivity index (χ1n) is 6.75. The number of amides is 3. The summed E-state index contributed by atoms with van der Waals surface area (Å²) in [6, 6.07) is 11.2. The van der Waals surface area contributed by atoms with E-state index in [1.165, 1.54) is 16.2 Å². The molecule has 2 aromatic rings. The molecule has 1 fully saturated rings. The van der Waals surface area contributed by atoms with Crippen LogP contribution in [0.1, 0.15) is 22.9 Å². The van der Waals surface area contributed by atoms with Crippen LogP contribution in [0.4, 0.5) is 4.79 Å². The fourth-order valence-corrected chi connectivity index (χ4v) is 3.36. The Bertz CT molecular complexity index is 696. The summed E-state index contributed by atoms with van der Waals surface area (Å²) in [6.45, 7) is 4.04. The van der Waals surface area contributed by atoms with E-state index in [2.05, 4.69) is 5.32 Å². The summed E-state index contributed by atoms with van der Waals surface area (Å²) in [4.78, 5) is 27.1. The molecule has 3 amide bonds. The van der Waals surface area contributed by atoms with Gasteiger partial charge in [-0.15, -0.1) is 11.3 Å². The Morgan fingerprint density at radius 3 is 2.62 bits per heavy atom. The molecule has 4 nitrogen and oxygen atoms in total. The second-order valence-corrected chi connectivity index (χ2v) is 6.30. The van der Waals surface area contributed by atoms with Crippen LogP contribution < -0.4 is 5.32 Å². The van der Waals surface area contributed by atoms with Gasteiger partial charge in [0.25, 0.3) is 5.91 Å². The van der Waals surface area contributed by atoms with Gasteiger partial charge < -0.3 is 5.32 Å². The molecule has 2 heterocycles. The molecule has 0 saturated carbocycles. The molecule has 1 aromatic heterocycles. The molecule has 5 heteroatoms. The third-order valence-corrected chi connectivity index (χ3v) is 4.97. The maximum Gasteiger partial charge on any atom is 0.325 e. The smallest absolute Gasteiger partial charge is 0.319 e. The molecular formula is C16H16N2O2S. The van der Waals surface area contributed by atoms with E-state index in [-0.39, 0.29) is 11.9 Å². The van der Waals surface area contributed by atoms with Crippen molar-refractivity contribution in [1.82, 2.24) is 10.2 Å². The van der Waals surface area contributed by atoms with Crippen LogP contribution in [0.5, 0.6) is 0 Å². The lowest BCUT2D eigenvalue weighted by Crippen LogP contribution is -2.40. The van der Waals surface area contributed by atoms with Crippen LogP contribution in [0.25, 0.3) is 0 Å². The van der Waals surface area contributed by atoms with Gasteiger partial charge >= 0.3 is 6.03 Å². The molecule has 0 spiro atoms. The number of aryl methyl sites for hydroxylation is 1. The molecule has 0 radical (unpaired) electrons. The fourth-order valence-electron chi connectivity index (χ4n) is 2.53. The number of benzene rings is 1. The quantitative estimate of drug-likeness (QED) is 0.886. The maximum absolute atomic E-state index is 12.7. The van der Waals surface area contributed by atoms with E-state index in [4.69, 9.17) is 0 Å². The predicted octanol–water partition coefficient (Wildman–Crippen LogP) is 3.02. The zero-order chi connectivity index (χ0) is 15.0. The molecule has 1 N–H and O–H groups in total. The summed E-state index contributed by atoms with van der Waals surface area (Å²) in [5.74, 6) is -0.196. The molecule has 1 aliphatic heterocycles. The summed E-state index contributed by atoms with van der Waals surface area (Å²) < 4.78 is 0. The van der Waals surface area contributed by atoms with Crippen LogP contribution in [0.15, 0.2) is 41.8 Å². The summed E-state index contributed by atoms with van der Waals surface area (Å²) >= 11 is 1.47. The number of imide groups is 1. The number of thiophene rings is 1. The number of carbonyl (C=O) groups is 2. The van der Waals surface area contributed by atoms with Crippen molar-refractivity contribution in [2.24, 2.45) is 0 Å². The van der Waals surface area contributed by atoms with Crippen molar-refractivity contribution in [1.29, 1.82) is 0 Å². The lowest BCUT2D eigenvalue weighted by molar-refractivity contribution is -0.131. The fraction of sp³-hybridized carbons (Fsp3) is 0.250. The van der Waals surface area contributed by atoms with Gasteiger partial charge in [0.2, 0.25) is 0 Å². The van der Waals surface area contributed by atoms with E-state index in [0.29, 0.717) is 6.54 Å². The Kier molecular flexibility index (Phi) is 3.29. The van der Waals surface area contributed by atoms with E-state index in [1.807, 2.05) is 48.7 Å². The standard InChI is InChI=1S/C16H16N2O2S/c1-11-6-3-4-7-12(11)10-18-14(19)16(2,17-15(18)20)13-8-5-9-21-13/h3-9H,10H2,1-2H3,(H,17,20)/t16-/m1/s1. The molecule has 3 rings (SSSR count). The third-order valence-electron chi connectivity index (χ3n) is 3.88. The number of nitrogens with one attached hydrogen (secondary N) is 1. The number of nitrogens with zero attached hydrogens (tertiary/aromatic N) is 1. The first-order chi connectivity index (χ1) is 10.0. The van der Waals surface area contributed by atoms with Crippen molar-refractivity contribution in [3.63, 3.8) is 0 Å². The molecule has 0 bridgehead atoms. The topological polar surface area (TPSA) is 49.4 Å². The highest BCUT2D eigenvalue weighted by atomic mass is 32.1.